The van der Waals surface area contributed by atoms with Gasteiger partial charge in [0.25, 0.3) is 0 Å². The van der Waals surface area contributed by atoms with Crippen LogP contribution in [0.15, 0.2) is 0 Å². The van der Waals surface area contributed by atoms with Crippen LogP contribution < -0.4 is 0 Å². The van der Waals surface area contributed by atoms with Crippen LogP contribution in [0, 0.1) is 0 Å². The van der Waals surface area contributed by atoms with Crippen LogP contribution in [-0.2, 0) is 9.47 Å². The quantitative estimate of drug-likeness (QED) is 0.764. The van der Waals surface area contributed by atoms with Gasteiger partial charge in [-0.05, 0) is 50.0 Å². The van der Waals surface area contributed by atoms with Crippen molar-refractivity contribution in [1.82, 2.24) is 0 Å². The van der Waals surface area contributed by atoms with Crippen molar-refractivity contribution in [2.24, 2.45) is 0 Å². The van der Waals surface area contributed by atoms with E-state index in [9.17, 15) is 0 Å². The summed E-state index contributed by atoms with van der Waals surface area (Å²) >= 11 is 4.32. The molecule has 1 saturated carbocycles. The highest BCUT2D eigenvalue weighted by atomic mass is 32.2. The summed E-state index contributed by atoms with van der Waals surface area (Å²) in [6.07, 6.45) is 11.8. The van der Waals surface area contributed by atoms with E-state index in [0.29, 0.717) is 6.10 Å². The largest absolute Gasteiger partial charge is 0.347 e. The molecule has 2 aliphatic heterocycles. The third-order valence-electron chi connectivity index (χ3n) is 4.39. The van der Waals surface area contributed by atoms with Gasteiger partial charge in [0.1, 0.15) is 0 Å². The summed E-state index contributed by atoms with van der Waals surface area (Å²) in [5, 5.41) is 0. The van der Waals surface area contributed by atoms with Crippen LogP contribution in [0.4, 0.5) is 0 Å². The lowest BCUT2D eigenvalue weighted by Gasteiger charge is -2.31. The van der Waals surface area contributed by atoms with Crippen molar-refractivity contribution < 1.29 is 9.47 Å². The number of rotatable bonds is 4. The van der Waals surface area contributed by atoms with Crippen LogP contribution in [0.2, 0.25) is 0 Å². The molecule has 0 bridgehead atoms. The summed E-state index contributed by atoms with van der Waals surface area (Å²) in [5.74, 6) is 2.56. The molecule has 1 spiro atoms. The van der Waals surface area contributed by atoms with Crippen LogP contribution in [0.1, 0.15) is 57.8 Å². The summed E-state index contributed by atoms with van der Waals surface area (Å²) in [7, 11) is 0. The number of hydrogen-bond donors (Lipinski definition) is 0. The van der Waals surface area contributed by atoms with Gasteiger partial charge < -0.3 is 9.47 Å². The molecule has 0 N–H and O–H groups in total. The van der Waals surface area contributed by atoms with Crippen molar-refractivity contribution >= 4 is 23.5 Å². The minimum absolute atomic E-state index is 0.169. The van der Waals surface area contributed by atoms with Crippen LogP contribution in [-0.4, -0.2) is 34.6 Å². The second-order valence-electron chi connectivity index (χ2n) is 5.98. The Morgan fingerprint density at radius 2 is 1.74 bits per heavy atom. The normalized spacial score (nSPS) is 31.9. The van der Waals surface area contributed by atoms with E-state index in [-0.39, 0.29) is 5.79 Å². The van der Waals surface area contributed by atoms with Gasteiger partial charge >= 0.3 is 0 Å². The fourth-order valence-corrected chi connectivity index (χ4v) is 6.29. The Bertz CT molecular complexity index is 273. The van der Waals surface area contributed by atoms with E-state index < -0.39 is 0 Å². The minimum atomic E-state index is -0.169. The Morgan fingerprint density at radius 3 is 2.53 bits per heavy atom. The van der Waals surface area contributed by atoms with Crippen LogP contribution >= 0.6 is 23.5 Å². The molecule has 1 atom stereocenters. The molecule has 3 fully saturated rings. The standard InChI is InChI=1S/C15H26O2S2/c1-2-8-15(9-3-1)16-12-13(17-15)6-4-7-14-18-10-5-11-19-14/h13-14H,1-12H2/t13-/m0/s1. The second-order valence-corrected chi connectivity index (χ2v) is 8.90. The maximum absolute atomic E-state index is 6.24. The Kier molecular flexibility index (Phi) is 5.41. The van der Waals surface area contributed by atoms with E-state index in [4.69, 9.17) is 9.47 Å². The molecule has 2 nitrogen and oxygen atoms in total. The molecule has 0 unspecified atom stereocenters. The molecule has 1 aliphatic carbocycles. The average molecular weight is 303 g/mol. The monoisotopic (exact) mass is 302 g/mol. The van der Waals surface area contributed by atoms with Gasteiger partial charge in [-0.25, -0.2) is 0 Å². The lowest BCUT2D eigenvalue weighted by molar-refractivity contribution is -0.187. The fraction of sp³-hybridized carbons (Fsp3) is 1.00. The summed E-state index contributed by atoms with van der Waals surface area (Å²) < 4.78 is 13.1. The van der Waals surface area contributed by atoms with E-state index in [0.717, 1.165) is 24.0 Å². The molecule has 4 heteroatoms. The van der Waals surface area contributed by atoms with Gasteiger partial charge in [0.2, 0.25) is 0 Å². The van der Waals surface area contributed by atoms with E-state index in [1.54, 1.807) is 0 Å². The molecule has 0 aromatic heterocycles. The van der Waals surface area contributed by atoms with E-state index in [1.807, 2.05) is 0 Å². The van der Waals surface area contributed by atoms with Gasteiger partial charge in [0.05, 0.1) is 17.3 Å². The zero-order valence-corrected chi connectivity index (χ0v) is 13.4. The van der Waals surface area contributed by atoms with Crippen LogP contribution in [0.25, 0.3) is 0 Å². The maximum atomic E-state index is 6.24. The van der Waals surface area contributed by atoms with Crippen molar-refractivity contribution in [2.75, 3.05) is 18.1 Å². The molecule has 0 aromatic carbocycles. The molecule has 2 saturated heterocycles. The number of ether oxygens (including phenoxy) is 2. The van der Waals surface area contributed by atoms with Gasteiger partial charge in [0, 0.05) is 12.8 Å². The predicted molar refractivity (Wildman–Crippen MR) is 83.8 cm³/mol. The zero-order valence-electron chi connectivity index (χ0n) is 11.8. The number of hydrogen-bond acceptors (Lipinski definition) is 4. The van der Waals surface area contributed by atoms with Crippen molar-refractivity contribution in [1.29, 1.82) is 0 Å². The Hall–Kier alpha value is 0.620. The molecule has 19 heavy (non-hydrogen) atoms. The average Bonchev–Trinajstić information content (AvgIpc) is 2.84. The summed E-state index contributed by atoms with van der Waals surface area (Å²) in [4.78, 5) is 0. The lowest BCUT2D eigenvalue weighted by atomic mass is 9.94. The summed E-state index contributed by atoms with van der Waals surface area (Å²) in [6, 6.07) is 0. The Labute approximate surface area is 125 Å². The molecule has 0 aromatic rings. The van der Waals surface area contributed by atoms with Gasteiger partial charge in [-0.15, -0.1) is 23.5 Å². The first kappa shape index (κ1) is 14.6. The second kappa shape index (κ2) is 7.06. The first-order chi connectivity index (χ1) is 9.36. The van der Waals surface area contributed by atoms with Gasteiger partial charge in [-0.1, -0.05) is 6.42 Å². The topological polar surface area (TPSA) is 18.5 Å². The highest BCUT2D eigenvalue weighted by Crippen LogP contribution is 2.39. The smallest absolute Gasteiger partial charge is 0.168 e. The van der Waals surface area contributed by atoms with Crippen molar-refractivity contribution in [3.8, 4) is 0 Å². The Morgan fingerprint density at radius 1 is 0.947 bits per heavy atom. The maximum Gasteiger partial charge on any atom is 0.168 e. The van der Waals surface area contributed by atoms with E-state index in [2.05, 4.69) is 23.5 Å². The fourth-order valence-electron chi connectivity index (χ4n) is 3.33. The molecular formula is C15H26O2S2. The van der Waals surface area contributed by atoms with E-state index >= 15 is 0 Å². The summed E-state index contributed by atoms with van der Waals surface area (Å²) in [6.45, 7) is 0.838. The van der Waals surface area contributed by atoms with Gasteiger partial charge in [0.15, 0.2) is 5.79 Å². The predicted octanol–water partition coefficient (Wildman–Crippen LogP) is 4.43. The molecule has 0 amide bonds. The van der Waals surface area contributed by atoms with Crippen molar-refractivity contribution in [2.45, 2.75) is 74.3 Å². The number of thioether (sulfide) groups is 2. The highest BCUT2D eigenvalue weighted by molar-refractivity contribution is 8.17. The highest BCUT2D eigenvalue weighted by Gasteiger charge is 2.41. The zero-order chi connectivity index (χ0) is 13.0. The first-order valence-corrected chi connectivity index (χ1v) is 10.0. The Balaban J connectivity index is 1.35. The van der Waals surface area contributed by atoms with Crippen LogP contribution in [0.3, 0.4) is 0 Å². The SMILES string of the molecule is C1CCC2(CC1)OC[C@H](CCCC1SCCCS1)O2. The molecule has 2 heterocycles. The molecule has 0 radical (unpaired) electrons. The third-order valence-corrected chi connectivity index (χ3v) is 7.47. The molecule has 110 valence electrons. The lowest BCUT2D eigenvalue weighted by Crippen LogP contribution is -2.33. The minimum Gasteiger partial charge on any atom is -0.347 e. The molecule has 3 aliphatic rings. The van der Waals surface area contributed by atoms with Gasteiger partial charge in [-0.2, -0.15) is 0 Å². The molecule has 3 rings (SSSR count). The van der Waals surface area contributed by atoms with Crippen molar-refractivity contribution in [3.63, 3.8) is 0 Å². The summed E-state index contributed by atoms with van der Waals surface area (Å²) in [5.41, 5.74) is 0. The first-order valence-electron chi connectivity index (χ1n) is 7.91. The van der Waals surface area contributed by atoms with E-state index in [1.165, 1.54) is 56.5 Å². The van der Waals surface area contributed by atoms with Gasteiger partial charge in [-0.3, -0.25) is 0 Å². The van der Waals surface area contributed by atoms with Crippen molar-refractivity contribution in [3.05, 3.63) is 0 Å². The molecular weight excluding hydrogens is 276 g/mol. The van der Waals surface area contributed by atoms with Crippen LogP contribution in [0.5, 0.6) is 0 Å². The third kappa shape index (κ3) is 4.05.